The van der Waals surface area contributed by atoms with Crippen LogP contribution in [0.25, 0.3) is 0 Å². The van der Waals surface area contributed by atoms with E-state index in [2.05, 4.69) is 20.9 Å². The molecule has 0 bridgehead atoms. The Labute approximate surface area is 116 Å². The lowest BCUT2D eigenvalue weighted by Crippen LogP contribution is -1.97. The standard InChI is InChI=1S/C12H8BrFN2O3/c1-7-4-10(16(17)18)12(15-6-7)19-11-3-2-8(14)5-9(11)13/h2-6H,1H3. The van der Waals surface area contributed by atoms with E-state index in [0.29, 0.717) is 10.0 Å². The first-order chi connectivity index (χ1) is 8.97. The molecule has 7 heteroatoms. The van der Waals surface area contributed by atoms with Crippen LogP contribution in [-0.4, -0.2) is 9.91 Å². The van der Waals surface area contributed by atoms with Crippen molar-refractivity contribution in [3.63, 3.8) is 0 Å². The molecule has 0 aliphatic rings. The van der Waals surface area contributed by atoms with Crippen LogP contribution in [-0.2, 0) is 0 Å². The van der Waals surface area contributed by atoms with Crippen molar-refractivity contribution in [2.24, 2.45) is 0 Å². The molecule has 0 radical (unpaired) electrons. The molecule has 5 nitrogen and oxygen atoms in total. The van der Waals surface area contributed by atoms with Gasteiger partial charge in [-0.15, -0.1) is 0 Å². The van der Waals surface area contributed by atoms with Crippen LogP contribution >= 0.6 is 15.9 Å². The number of benzene rings is 1. The molecule has 1 heterocycles. The highest BCUT2D eigenvalue weighted by atomic mass is 79.9. The monoisotopic (exact) mass is 326 g/mol. The number of aromatic nitrogens is 1. The summed E-state index contributed by atoms with van der Waals surface area (Å²) in [4.78, 5) is 14.2. The van der Waals surface area contributed by atoms with Gasteiger partial charge >= 0.3 is 5.69 Å². The van der Waals surface area contributed by atoms with Crippen LogP contribution in [0.5, 0.6) is 11.6 Å². The van der Waals surface area contributed by atoms with Crippen LogP contribution in [0.4, 0.5) is 10.1 Å². The largest absolute Gasteiger partial charge is 0.432 e. The maximum Gasteiger partial charge on any atom is 0.331 e. The zero-order chi connectivity index (χ0) is 14.0. The van der Waals surface area contributed by atoms with E-state index in [4.69, 9.17) is 4.74 Å². The molecule has 2 aromatic rings. The highest BCUT2D eigenvalue weighted by molar-refractivity contribution is 9.10. The number of pyridine rings is 1. The summed E-state index contributed by atoms with van der Waals surface area (Å²) in [6, 6.07) is 5.12. The third kappa shape index (κ3) is 3.05. The zero-order valence-electron chi connectivity index (χ0n) is 9.76. The van der Waals surface area contributed by atoms with Crippen molar-refractivity contribution in [2.75, 3.05) is 0 Å². The summed E-state index contributed by atoms with van der Waals surface area (Å²) < 4.78 is 18.6. The van der Waals surface area contributed by atoms with Crippen LogP contribution in [0.3, 0.4) is 0 Å². The second-order valence-electron chi connectivity index (χ2n) is 3.77. The lowest BCUT2D eigenvalue weighted by atomic mass is 10.3. The topological polar surface area (TPSA) is 65.3 Å². The normalized spacial score (nSPS) is 10.3. The fourth-order valence-corrected chi connectivity index (χ4v) is 1.84. The molecule has 98 valence electrons. The average molecular weight is 327 g/mol. The van der Waals surface area contributed by atoms with Gasteiger partial charge in [0.25, 0.3) is 5.88 Å². The zero-order valence-corrected chi connectivity index (χ0v) is 11.3. The number of hydrogen-bond donors (Lipinski definition) is 0. The van der Waals surface area contributed by atoms with Crippen molar-refractivity contribution >= 4 is 21.6 Å². The quantitative estimate of drug-likeness (QED) is 0.631. The second kappa shape index (κ2) is 5.31. The Balaban J connectivity index is 2.40. The van der Waals surface area contributed by atoms with Crippen molar-refractivity contribution in [3.05, 3.63) is 56.4 Å². The van der Waals surface area contributed by atoms with Gasteiger partial charge in [-0.1, -0.05) is 0 Å². The number of hydrogen-bond acceptors (Lipinski definition) is 4. The molecule has 19 heavy (non-hydrogen) atoms. The Morgan fingerprint density at radius 2 is 2.16 bits per heavy atom. The van der Waals surface area contributed by atoms with Gasteiger partial charge in [0.05, 0.1) is 9.40 Å². The van der Waals surface area contributed by atoms with E-state index in [9.17, 15) is 14.5 Å². The first kappa shape index (κ1) is 13.4. The van der Waals surface area contributed by atoms with Crippen molar-refractivity contribution in [1.82, 2.24) is 4.98 Å². The molecule has 0 spiro atoms. The molecule has 0 aliphatic heterocycles. The van der Waals surface area contributed by atoms with Crippen molar-refractivity contribution in [2.45, 2.75) is 6.92 Å². The molecule has 2 rings (SSSR count). The predicted molar refractivity (Wildman–Crippen MR) is 69.8 cm³/mol. The minimum absolute atomic E-state index is 0.136. The predicted octanol–water partition coefficient (Wildman–Crippen LogP) is 3.99. The molecule has 0 saturated carbocycles. The van der Waals surface area contributed by atoms with E-state index < -0.39 is 10.7 Å². The number of halogens is 2. The molecule has 1 aromatic heterocycles. The fraction of sp³-hybridized carbons (Fsp3) is 0.0833. The van der Waals surface area contributed by atoms with Crippen LogP contribution < -0.4 is 4.74 Å². The Morgan fingerprint density at radius 1 is 1.42 bits per heavy atom. The van der Waals surface area contributed by atoms with Crippen LogP contribution in [0.15, 0.2) is 34.9 Å². The highest BCUT2D eigenvalue weighted by Crippen LogP contribution is 2.33. The fourth-order valence-electron chi connectivity index (χ4n) is 1.41. The summed E-state index contributed by atoms with van der Waals surface area (Å²) in [5.74, 6) is -0.325. The number of nitro groups is 1. The lowest BCUT2D eigenvalue weighted by molar-refractivity contribution is -0.386. The van der Waals surface area contributed by atoms with E-state index in [0.717, 1.165) is 0 Å². The first-order valence-electron chi connectivity index (χ1n) is 5.21. The third-order valence-corrected chi connectivity index (χ3v) is 2.89. The summed E-state index contributed by atoms with van der Waals surface area (Å²) in [7, 11) is 0. The number of nitrogens with zero attached hydrogens (tertiary/aromatic N) is 2. The molecule has 0 unspecified atom stereocenters. The molecule has 0 amide bonds. The van der Waals surface area contributed by atoms with Gasteiger partial charge in [0, 0.05) is 12.3 Å². The highest BCUT2D eigenvalue weighted by Gasteiger charge is 2.18. The van der Waals surface area contributed by atoms with E-state index >= 15 is 0 Å². The molecule has 0 atom stereocenters. The van der Waals surface area contributed by atoms with Gasteiger partial charge in [-0.2, -0.15) is 0 Å². The van der Waals surface area contributed by atoms with Crippen molar-refractivity contribution in [1.29, 1.82) is 0 Å². The Hall–Kier alpha value is -2.02. The van der Waals surface area contributed by atoms with Gasteiger partial charge < -0.3 is 4.74 Å². The Bertz CT molecular complexity index is 649. The van der Waals surface area contributed by atoms with Crippen LogP contribution in [0.1, 0.15) is 5.56 Å². The Kier molecular flexibility index (Phi) is 3.75. The average Bonchev–Trinajstić information content (AvgIpc) is 2.34. The molecule has 0 aliphatic carbocycles. The number of ether oxygens (including phenoxy) is 1. The maximum absolute atomic E-state index is 12.9. The summed E-state index contributed by atoms with van der Waals surface area (Å²) in [5, 5.41) is 10.9. The van der Waals surface area contributed by atoms with E-state index in [1.165, 1.54) is 30.5 Å². The molecule has 0 N–H and O–H groups in total. The number of aryl methyl sites for hydroxylation is 1. The molecule has 0 saturated heterocycles. The number of rotatable bonds is 3. The molecular formula is C12H8BrFN2O3. The van der Waals surface area contributed by atoms with Gasteiger partial charge in [-0.3, -0.25) is 10.1 Å². The van der Waals surface area contributed by atoms with Crippen molar-refractivity contribution < 1.29 is 14.1 Å². The van der Waals surface area contributed by atoms with Gasteiger partial charge in [0.1, 0.15) is 11.6 Å². The van der Waals surface area contributed by atoms with Gasteiger partial charge in [0.2, 0.25) is 0 Å². The minimum atomic E-state index is -0.577. The van der Waals surface area contributed by atoms with Gasteiger partial charge in [-0.05, 0) is 46.6 Å². The maximum atomic E-state index is 12.9. The summed E-state index contributed by atoms with van der Waals surface area (Å²) in [5.41, 5.74) is 0.411. The van der Waals surface area contributed by atoms with E-state index in [-0.39, 0.29) is 17.3 Å². The minimum Gasteiger partial charge on any atom is -0.432 e. The van der Waals surface area contributed by atoms with Gasteiger partial charge in [0.15, 0.2) is 0 Å². The summed E-state index contributed by atoms with van der Waals surface area (Å²) in [6.45, 7) is 1.69. The molecular weight excluding hydrogens is 319 g/mol. The molecule has 1 aromatic carbocycles. The Morgan fingerprint density at radius 3 is 2.79 bits per heavy atom. The third-order valence-electron chi connectivity index (χ3n) is 2.27. The first-order valence-corrected chi connectivity index (χ1v) is 6.00. The van der Waals surface area contributed by atoms with Crippen LogP contribution in [0.2, 0.25) is 0 Å². The molecule has 0 fully saturated rings. The van der Waals surface area contributed by atoms with E-state index in [1.807, 2.05) is 0 Å². The summed E-state index contributed by atoms with van der Waals surface area (Å²) >= 11 is 3.12. The summed E-state index contributed by atoms with van der Waals surface area (Å²) in [6.07, 6.45) is 1.46. The van der Waals surface area contributed by atoms with E-state index in [1.54, 1.807) is 6.92 Å². The van der Waals surface area contributed by atoms with Crippen molar-refractivity contribution in [3.8, 4) is 11.6 Å². The van der Waals surface area contributed by atoms with Crippen LogP contribution in [0, 0.1) is 22.9 Å². The lowest BCUT2D eigenvalue weighted by Gasteiger charge is -2.07. The second-order valence-corrected chi connectivity index (χ2v) is 4.63. The smallest absolute Gasteiger partial charge is 0.331 e. The van der Waals surface area contributed by atoms with Gasteiger partial charge in [-0.25, -0.2) is 9.37 Å². The SMILES string of the molecule is Cc1cnc(Oc2ccc(F)cc2Br)c([N+](=O)[O-])c1.